The van der Waals surface area contributed by atoms with Crippen LogP contribution in [0.5, 0.6) is 0 Å². The molecule has 1 aliphatic heterocycles. The summed E-state index contributed by atoms with van der Waals surface area (Å²) in [6.07, 6.45) is 0.124. The highest BCUT2D eigenvalue weighted by Crippen LogP contribution is 2.30. The third-order valence-corrected chi connectivity index (χ3v) is 4.64. The van der Waals surface area contributed by atoms with Gasteiger partial charge in [-0.15, -0.1) is 11.8 Å². The maximum Gasteiger partial charge on any atom is 0.327 e. The number of carboxylic acids is 1. The number of aliphatic carboxylic acids is 1. The Bertz CT molecular complexity index is 494. The fraction of sp³-hybridized carbons (Fsp3) is 0.429. The van der Waals surface area contributed by atoms with Gasteiger partial charge in [-0.3, -0.25) is 4.79 Å². The Morgan fingerprint density at radius 3 is 2.70 bits per heavy atom. The summed E-state index contributed by atoms with van der Waals surface area (Å²) in [5.41, 5.74) is 6.91. The first kappa shape index (κ1) is 14.9. The van der Waals surface area contributed by atoms with Crippen molar-refractivity contribution in [3.05, 3.63) is 35.9 Å². The summed E-state index contributed by atoms with van der Waals surface area (Å²) in [7, 11) is 0. The average molecular weight is 294 g/mol. The van der Waals surface area contributed by atoms with E-state index in [1.807, 2.05) is 37.3 Å². The minimum Gasteiger partial charge on any atom is -0.480 e. The molecule has 1 aromatic carbocycles. The third kappa shape index (κ3) is 3.13. The molecule has 108 valence electrons. The van der Waals surface area contributed by atoms with Crippen LogP contribution in [0.1, 0.15) is 24.9 Å². The summed E-state index contributed by atoms with van der Waals surface area (Å²) in [5, 5.41) is 9.04. The van der Waals surface area contributed by atoms with Crippen LogP contribution in [-0.4, -0.2) is 39.1 Å². The zero-order valence-electron chi connectivity index (χ0n) is 11.2. The first-order valence-corrected chi connectivity index (χ1v) is 7.51. The predicted octanol–water partition coefficient (Wildman–Crippen LogP) is 1.45. The molecule has 0 radical (unpaired) electrons. The SMILES string of the molecule is CC1SCC(C(=O)O)N1C(=O)CC(N)c1ccccc1. The summed E-state index contributed by atoms with van der Waals surface area (Å²) >= 11 is 1.48. The molecule has 1 aromatic rings. The van der Waals surface area contributed by atoms with E-state index in [1.54, 1.807) is 0 Å². The quantitative estimate of drug-likeness (QED) is 0.878. The number of carbonyl (C=O) groups excluding carboxylic acids is 1. The number of nitrogens with two attached hydrogens (primary N) is 1. The first-order chi connectivity index (χ1) is 9.50. The minimum absolute atomic E-state index is 0.119. The van der Waals surface area contributed by atoms with Gasteiger partial charge in [-0.1, -0.05) is 30.3 Å². The van der Waals surface area contributed by atoms with E-state index in [-0.39, 0.29) is 17.7 Å². The van der Waals surface area contributed by atoms with E-state index in [4.69, 9.17) is 10.8 Å². The van der Waals surface area contributed by atoms with Crippen LogP contribution in [0, 0.1) is 0 Å². The van der Waals surface area contributed by atoms with Crippen LogP contribution in [0.4, 0.5) is 0 Å². The molecule has 0 bridgehead atoms. The molecule has 2 rings (SSSR count). The lowest BCUT2D eigenvalue weighted by atomic mass is 10.0. The van der Waals surface area contributed by atoms with Crippen molar-refractivity contribution < 1.29 is 14.7 Å². The topological polar surface area (TPSA) is 83.6 Å². The zero-order chi connectivity index (χ0) is 14.7. The maximum atomic E-state index is 12.3. The van der Waals surface area contributed by atoms with Crippen LogP contribution < -0.4 is 5.73 Å². The number of hydrogen-bond donors (Lipinski definition) is 2. The molecular formula is C14H18N2O3S. The van der Waals surface area contributed by atoms with Gasteiger partial charge in [0.15, 0.2) is 0 Å². The molecule has 0 spiro atoms. The average Bonchev–Trinajstić information content (AvgIpc) is 2.81. The lowest BCUT2D eigenvalue weighted by Gasteiger charge is -2.26. The summed E-state index contributed by atoms with van der Waals surface area (Å²) in [6.45, 7) is 1.85. The van der Waals surface area contributed by atoms with E-state index in [0.29, 0.717) is 5.75 Å². The van der Waals surface area contributed by atoms with Crippen molar-refractivity contribution in [3.8, 4) is 0 Å². The molecule has 6 heteroatoms. The molecule has 3 atom stereocenters. The standard InChI is InChI=1S/C14H18N2O3S/c1-9-16(12(8-20-9)14(18)19)13(17)7-11(15)10-5-3-2-4-6-10/h2-6,9,11-12H,7-8,15H2,1H3,(H,18,19). The highest BCUT2D eigenvalue weighted by atomic mass is 32.2. The molecule has 1 amide bonds. The van der Waals surface area contributed by atoms with Gasteiger partial charge in [-0.2, -0.15) is 0 Å². The molecule has 0 aromatic heterocycles. The van der Waals surface area contributed by atoms with Crippen molar-refractivity contribution in [2.24, 2.45) is 5.73 Å². The number of carboxylic acid groups (broad SMARTS) is 1. The van der Waals surface area contributed by atoms with Crippen molar-refractivity contribution in [2.45, 2.75) is 30.8 Å². The van der Waals surface area contributed by atoms with Crippen LogP contribution >= 0.6 is 11.8 Å². The number of nitrogens with zero attached hydrogens (tertiary/aromatic N) is 1. The molecule has 3 N–H and O–H groups in total. The van der Waals surface area contributed by atoms with E-state index >= 15 is 0 Å². The normalized spacial score (nSPS) is 23.6. The Balaban J connectivity index is 2.05. The van der Waals surface area contributed by atoms with Crippen molar-refractivity contribution in [1.82, 2.24) is 4.90 Å². The van der Waals surface area contributed by atoms with Gasteiger partial charge in [0, 0.05) is 18.2 Å². The van der Waals surface area contributed by atoms with Gasteiger partial charge in [0.25, 0.3) is 0 Å². The molecular weight excluding hydrogens is 276 g/mol. The maximum absolute atomic E-state index is 12.3. The van der Waals surface area contributed by atoms with Gasteiger partial charge in [-0.25, -0.2) is 4.79 Å². The number of carbonyl (C=O) groups is 2. The highest BCUT2D eigenvalue weighted by molar-refractivity contribution is 8.00. The molecule has 5 nitrogen and oxygen atoms in total. The van der Waals surface area contributed by atoms with Crippen molar-refractivity contribution in [3.63, 3.8) is 0 Å². The molecule has 1 saturated heterocycles. The number of thioether (sulfide) groups is 1. The Labute approximate surface area is 122 Å². The third-order valence-electron chi connectivity index (χ3n) is 3.42. The lowest BCUT2D eigenvalue weighted by Crippen LogP contribution is -2.45. The van der Waals surface area contributed by atoms with Crippen molar-refractivity contribution >= 4 is 23.6 Å². The van der Waals surface area contributed by atoms with Crippen LogP contribution in [0.15, 0.2) is 30.3 Å². The van der Waals surface area contributed by atoms with E-state index in [1.165, 1.54) is 16.7 Å². The van der Waals surface area contributed by atoms with Crippen LogP contribution in [-0.2, 0) is 9.59 Å². The molecule has 20 heavy (non-hydrogen) atoms. The van der Waals surface area contributed by atoms with E-state index < -0.39 is 18.1 Å². The Kier molecular flexibility index (Phi) is 4.67. The molecule has 1 heterocycles. The van der Waals surface area contributed by atoms with Crippen LogP contribution in [0.3, 0.4) is 0 Å². The number of rotatable bonds is 4. The van der Waals surface area contributed by atoms with Crippen LogP contribution in [0.2, 0.25) is 0 Å². The number of hydrogen-bond acceptors (Lipinski definition) is 4. The van der Waals surface area contributed by atoms with E-state index in [9.17, 15) is 9.59 Å². The molecule has 0 aliphatic carbocycles. The van der Waals surface area contributed by atoms with Gasteiger partial charge < -0.3 is 15.7 Å². The van der Waals surface area contributed by atoms with Crippen molar-refractivity contribution in [2.75, 3.05) is 5.75 Å². The molecule has 1 fully saturated rings. The Morgan fingerprint density at radius 1 is 1.45 bits per heavy atom. The molecule has 3 unspecified atom stereocenters. The highest BCUT2D eigenvalue weighted by Gasteiger charge is 2.39. The predicted molar refractivity (Wildman–Crippen MR) is 78.2 cm³/mol. The number of amides is 1. The van der Waals surface area contributed by atoms with E-state index in [2.05, 4.69) is 0 Å². The lowest BCUT2D eigenvalue weighted by molar-refractivity contribution is -0.149. The summed E-state index contributed by atoms with van der Waals surface area (Å²) < 4.78 is 0. The second-order valence-electron chi connectivity index (χ2n) is 4.81. The second kappa shape index (κ2) is 6.28. The summed E-state index contributed by atoms with van der Waals surface area (Å²) in [5.74, 6) is -0.724. The molecule has 1 aliphatic rings. The summed E-state index contributed by atoms with van der Waals surface area (Å²) in [4.78, 5) is 24.9. The van der Waals surface area contributed by atoms with Gasteiger partial charge >= 0.3 is 5.97 Å². The largest absolute Gasteiger partial charge is 0.480 e. The fourth-order valence-electron chi connectivity index (χ4n) is 2.32. The van der Waals surface area contributed by atoms with Gasteiger partial charge in [0.1, 0.15) is 6.04 Å². The van der Waals surface area contributed by atoms with Gasteiger partial charge in [-0.05, 0) is 12.5 Å². The summed E-state index contributed by atoms with van der Waals surface area (Å²) in [6, 6.07) is 8.21. The van der Waals surface area contributed by atoms with Gasteiger partial charge in [0.2, 0.25) is 5.91 Å². The van der Waals surface area contributed by atoms with Crippen LogP contribution in [0.25, 0.3) is 0 Å². The van der Waals surface area contributed by atoms with Crippen molar-refractivity contribution in [1.29, 1.82) is 0 Å². The fourth-order valence-corrected chi connectivity index (χ4v) is 3.51. The number of benzene rings is 1. The Morgan fingerprint density at radius 2 is 2.10 bits per heavy atom. The second-order valence-corrected chi connectivity index (χ2v) is 6.16. The first-order valence-electron chi connectivity index (χ1n) is 6.47. The minimum atomic E-state index is -0.955. The zero-order valence-corrected chi connectivity index (χ0v) is 12.0. The monoisotopic (exact) mass is 294 g/mol. The van der Waals surface area contributed by atoms with Gasteiger partial charge in [0.05, 0.1) is 5.37 Å². The Hall–Kier alpha value is -1.53. The van der Waals surface area contributed by atoms with E-state index in [0.717, 1.165) is 5.56 Å². The smallest absolute Gasteiger partial charge is 0.327 e. The molecule has 0 saturated carbocycles.